The Morgan fingerprint density at radius 3 is 2.55 bits per heavy atom. The standard InChI is InChI=1S/C22H30N4O2.ClH/c1-25-16-7-5-8-17(25)14-15(13-16)23-21(27)18-9-6-10-19-20(18)24-22(28-19)26-11-3-2-4-12-26;/h6,9-10,15-17H,2-5,7-8,11-14H2,1H3,(H,23,27);1H. The highest BCUT2D eigenvalue weighted by Crippen LogP contribution is 2.33. The van der Waals surface area contributed by atoms with Gasteiger partial charge in [-0.25, -0.2) is 0 Å². The molecule has 1 aromatic carbocycles. The number of halogens is 1. The number of benzene rings is 1. The second-order valence-corrected chi connectivity index (χ2v) is 8.74. The topological polar surface area (TPSA) is 61.6 Å². The van der Waals surface area contributed by atoms with Crippen molar-refractivity contribution in [2.75, 3.05) is 25.0 Å². The number of carbonyl (C=O) groups excluding carboxylic acids is 1. The molecule has 0 aliphatic carbocycles. The van der Waals surface area contributed by atoms with Crippen molar-refractivity contribution in [2.45, 2.75) is 69.5 Å². The number of hydrogen-bond acceptors (Lipinski definition) is 5. The van der Waals surface area contributed by atoms with Crippen molar-refractivity contribution in [3.8, 4) is 0 Å². The van der Waals surface area contributed by atoms with Crippen molar-refractivity contribution in [3.63, 3.8) is 0 Å². The minimum atomic E-state index is -0.0169. The Balaban J connectivity index is 0.00000205. The Labute approximate surface area is 178 Å². The van der Waals surface area contributed by atoms with Crippen LogP contribution in [-0.2, 0) is 0 Å². The first-order chi connectivity index (χ1) is 13.7. The predicted molar refractivity (Wildman–Crippen MR) is 117 cm³/mol. The molecule has 29 heavy (non-hydrogen) atoms. The van der Waals surface area contributed by atoms with Crippen LogP contribution in [0.3, 0.4) is 0 Å². The van der Waals surface area contributed by atoms with Gasteiger partial charge in [0.2, 0.25) is 0 Å². The highest BCUT2D eigenvalue weighted by molar-refractivity contribution is 6.04. The van der Waals surface area contributed by atoms with Gasteiger partial charge < -0.3 is 19.5 Å². The second-order valence-electron chi connectivity index (χ2n) is 8.74. The van der Waals surface area contributed by atoms with E-state index in [1.54, 1.807) is 0 Å². The number of para-hydroxylation sites is 1. The van der Waals surface area contributed by atoms with Crippen LogP contribution in [0.15, 0.2) is 22.6 Å². The summed E-state index contributed by atoms with van der Waals surface area (Å²) in [5, 5.41) is 3.30. The zero-order valence-electron chi connectivity index (χ0n) is 17.1. The largest absolute Gasteiger partial charge is 0.423 e. The van der Waals surface area contributed by atoms with Crippen LogP contribution < -0.4 is 10.2 Å². The molecule has 1 amide bonds. The van der Waals surface area contributed by atoms with Gasteiger partial charge in [0.25, 0.3) is 11.9 Å². The molecule has 3 fully saturated rings. The zero-order valence-corrected chi connectivity index (χ0v) is 17.9. The van der Waals surface area contributed by atoms with Crippen LogP contribution in [0.25, 0.3) is 11.1 Å². The number of fused-ring (bicyclic) bond motifs is 3. The van der Waals surface area contributed by atoms with Crippen molar-refractivity contribution in [1.82, 2.24) is 15.2 Å². The van der Waals surface area contributed by atoms with Crippen molar-refractivity contribution >= 4 is 35.4 Å². The lowest BCUT2D eigenvalue weighted by Crippen LogP contribution is -2.55. The summed E-state index contributed by atoms with van der Waals surface area (Å²) < 4.78 is 5.99. The summed E-state index contributed by atoms with van der Waals surface area (Å²) in [5.41, 5.74) is 2.02. The third kappa shape index (κ3) is 3.97. The van der Waals surface area contributed by atoms with E-state index < -0.39 is 0 Å². The van der Waals surface area contributed by atoms with Crippen LogP contribution in [0.5, 0.6) is 0 Å². The molecule has 158 valence electrons. The van der Waals surface area contributed by atoms with Gasteiger partial charge in [0.1, 0.15) is 5.52 Å². The van der Waals surface area contributed by atoms with Crippen LogP contribution in [0.4, 0.5) is 6.01 Å². The maximum Gasteiger partial charge on any atom is 0.298 e. The predicted octanol–water partition coefficient (Wildman–Crippen LogP) is 3.99. The molecule has 1 aromatic heterocycles. The molecule has 2 unspecified atom stereocenters. The zero-order chi connectivity index (χ0) is 19.1. The number of rotatable bonds is 3. The number of anilines is 1. The molecule has 3 aliphatic heterocycles. The van der Waals surface area contributed by atoms with Crippen LogP contribution in [-0.4, -0.2) is 54.1 Å². The maximum atomic E-state index is 13.1. The number of nitrogens with zero attached hydrogens (tertiary/aromatic N) is 3. The fraction of sp³-hybridized carbons (Fsp3) is 0.636. The normalized spacial score (nSPS) is 27.5. The summed E-state index contributed by atoms with van der Waals surface area (Å²) in [6.07, 6.45) is 9.52. The van der Waals surface area contributed by atoms with Crippen LogP contribution in [0.1, 0.15) is 61.7 Å². The highest BCUT2D eigenvalue weighted by Gasteiger charge is 2.36. The van der Waals surface area contributed by atoms with E-state index in [1.165, 1.54) is 38.5 Å². The third-order valence-electron chi connectivity index (χ3n) is 6.95. The first-order valence-corrected chi connectivity index (χ1v) is 10.9. The number of oxazole rings is 1. The average molecular weight is 419 g/mol. The number of hydrogen-bond donors (Lipinski definition) is 1. The van der Waals surface area contributed by atoms with Gasteiger partial charge in [-0.05, 0) is 64.1 Å². The van der Waals surface area contributed by atoms with Gasteiger partial charge in [0, 0.05) is 31.2 Å². The second kappa shape index (κ2) is 8.52. The van der Waals surface area contributed by atoms with E-state index in [4.69, 9.17) is 9.40 Å². The van der Waals surface area contributed by atoms with Gasteiger partial charge in [-0.2, -0.15) is 4.98 Å². The Morgan fingerprint density at radius 2 is 1.83 bits per heavy atom. The van der Waals surface area contributed by atoms with Crippen LogP contribution in [0.2, 0.25) is 0 Å². The number of piperidine rings is 3. The fourth-order valence-corrected chi connectivity index (χ4v) is 5.34. The first kappa shape index (κ1) is 20.5. The molecule has 4 heterocycles. The van der Waals surface area contributed by atoms with Gasteiger partial charge in [-0.15, -0.1) is 12.4 Å². The molecule has 2 atom stereocenters. The van der Waals surface area contributed by atoms with Gasteiger partial charge in [-0.3, -0.25) is 4.79 Å². The van der Waals surface area contributed by atoms with Gasteiger partial charge >= 0.3 is 0 Å². The van der Waals surface area contributed by atoms with E-state index in [0.717, 1.165) is 25.9 Å². The van der Waals surface area contributed by atoms with Crippen molar-refractivity contribution in [3.05, 3.63) is 23.8 Å². The summed E-state index contributed by atoms with van der Waals surface area (Å²) in [6.45, 7) is 1.96. The number of carbonyl (C=O) groups is 1. The van der Waals surface area contributed by atoms with Gasteiger partial charge in [-0.1, -0.05) is 12.5 Å². The highest BCUT2D eigenvalue weighted by atomic mass is 35.5. The Hall–Kier alpha value is -1.79. The first-order valence-electron chi connectivity index (χ1n) is 10.9. The minimum Gasteiger partial charge on any atom is -0.423 e. The average Bonchev–Trinajstić information content (AvgIpc) is 3.14. The molecule has 0 radical (unpaired) electrons. The molecular formula is C22H31ClN4O2. The summed E-state index contributed by atoms with van der Waals surface area (Å²) >= 11 is 0. The Morgan fingerprint density at radius 1 is 1.10 bits per heavy atom. The van der Waals surface area contributed by atoms with Gasteiger partial charge in [0.05, 0.1) is 5.56 Å². The SMILES string of the molecule is CN1C2CCCC1CC(NC(=O)c1cccc3oc(N4CCCCC4)nc13)C2.Cl. The Kier molecular flexibility index (Phi) is 6.02. The van der Waals surface area contributed by atoms with E-state index in [2.05, 4.69) is 22.2 Å². The van der Waals surface area contributed by atoms with Crippen LogP contribution in [0, 0.1) is 0 Å². The van der Waals surface area contributed by atoms with Crippen LogP contribution >= 0.6 is 12.4 Å². The summed E-state index contributed by atoms with van der Waals surface area (Å²) in [4.78, 5) is 22.5. The molecule has 0 saturated carbocycles. The molecule has 7 heteroatoms. The third-order valence-corrected chi connectivity index (χ3v) is 6.95. The minimum absolute atomic E-state index is 0. The van der Waals surface area contributed by atoms with E-state index in [-0.39, 0.29) is 24.4 Å². The van der Waals surface area contributed by atoms with Crippen molar-refractivity contribution < 1.29 is 9.21 Å². The lowest BCUT2D eigenvalue weighted by atomic mass is 9.82. The number of aromatic nitrogens is 1. The lowest BCUT2D eigenvalue weighted by molar-refractivity contribution is 0.0463. The smallest absolute Gasteiger partial charge is 0.298 e. The van der Waals surface area contributed by atoms with Crippen molar-refractivity contribution in [2.24, 2.45) is 0 Å². The summed E-state index contributed by atoms with van der Waals surface area (Å²) in [5.74, 6) is -0.0169. The molecule has 2 aromatic rings. The van der Waals surface area contributed by atoms with E-state index in [0.29, 0.717) is 34.8 Å². The monoisotopic (exact) mass is 418 g/mol. The molecule has 3 aliphatic rings. The lowest BCUT2D eigenvalue weighted by Gasteiger charge is -2.47. The molecule has 0 spiro atoms. The quantitative estimate of drug-likeness (QED) is 0.816. The summed E-state index contributed by atoms with van der Waals surface area (Å²) in [7, 11) is 2.24. The fourth-order valence-electron chi connectivity index (χ4n) is 5.34. The maximum absolute atomic E-state index is 13.1. The van der Waals surface area contributed by atoms with E-state index in [9.17, 15) is 4.79 Å². The molecule has 3 saturated heterocycles. The number of amides is 1. The van der Waals surface area contributed by atoms with E-state index >= 15 is 0 Å². The Bertz CT molecular complexity index is 850. The van der Waals surface area contributed by atoms with Crippen molar-refractivity contribution in [1.29, 1.82) is 0 Å². The molecule has 5 rings (SSSR count). The van der Waals surface area contributed by atoms with E-state index in [1.807, 2.05) is 18.2 Å². The number of nitrogens with one attached hydrogen (secondary N) is 1. The molecule has 2 bridgehead atoms. The molecule has 1 N–H and O–H groups in total. The summed E-state index contributed by atoms with van der Waals surface area (Å²) in [6, 6.07) is 7.79. The molecular weight excluding hydrogens is 388 g/mol. The van der Waals surface area contributed by atoms with Gasteiger partial charge in [0.15, 0.2) is 5.58 Å². The molecule has 6 nitrogen and oxygen atoms in total.